The molecular formula is C11H15N9OS3. The van der Waals surface area contributed by atoms with Gasteiger partial charge in [-0.1, -0.05) is 48.2 Å². The summed E-state index contributed by atoms with van der Waals surface area (Å²) in [4.78, 5) is 12.0. The van der Waals surface area contributed by atoms with Crippen molar-refractivity contribution in [3.8, 4) is 0 Å². The van der Waals surface area contributed by atoms with Crippen LogP contribution >= 0.6 is 34.9 Å². The van der Waals surface area contributed by atoms with Crippen LogP contribution in [0.5, 0.6) is 0 Å². The minimum absolute atomic E-state index is 0.163. The third-order valence-corrected chi connectivity index (χ3v) is 5.80. The average molecular weight is 386 g/mol. The van der Waals surface area contributed by atoms with Gasteiger partial charge in [0.15, 0.2) is 4.34 Å². The summed E-state index contributed by atoms with van der Waals surface area (Å²) in [5.74, 6) is 7.01. The number of fused-ring (bicyclic) bond motifs is 1. The van der Waals surface area contributed by atoms with E-state index in [9.17, 15) is 4.79 Å². The number of carbonyl (C=O) groups is 1. The first kappa shape index (κ1) is 17.0. The molecule has 3 aromatic rings. The highest BCUT2D eigenvalue weighted by Crippen LogP contribution is 2.26. The maximum absolute atomic E-state index is 12.0. The number of unbranched alkanes of at least 4 members (excludes halogenated alkanes) is 1. The zero-order chi connectivity index (χ0) is 16.9. The van der Waals surface area contributed by atoms with E-state index < -0.39 is 0 Å². The Bertz CT molecular complexity index is 826. The molecule has 0 aliphatic heterocycles. The lowest BCUT2D eigenvalue weighted by atomic mass is 10.4. The predicted octanol–water partition coefficient (Wildman–Crippen LogP) is 1.11. The van der Waals surface area contributed by atoms with Gasteiger partial charge in [0.25, 0.3) is 5.78 Å². The lowest BCUT2D eigenvalue weighted by Gasteiger charge is -1.99. The Morgan fingerprint density at radius 1 is 1.33 bits per heavy atom. The number of aromatic nitrogens is 7. The summed E-state index contributed by atoms with van der Waals surface area (Å²) in [7, 11) is 0. The van der Waals surface area contributed by atoms with Crippen molar-refractivity contribution in [1.82, 2.24) is 34.7 Å². The SMILES string of the molecule is CCCCSc1nnc(NC(=O)CSc2nnc3n(N)cnn23)s1. The molecule has 3 aromatic heterocycles. The fourth-order valence-corrected chi connectivity index (χ4v) is 4.28. The van der Waals surface area contributed by atoms with Crippen LogP contribution in [0.3, 0.4) is 0 Å². The Balaban J connectivity index is 1.50. The monoisotopic (exact) mass is 385 g/mol. The third kappa shape index (κ3) is 3.96. The fraction of sp³-hybridized carbons (Fsp3) is 0.455. The second-order valence-corrected chi connectivity index (χ2v) is 7.91. The van der Waals surface area contributed by atoms with E-state index in [4.69, 9.17) is 5.84 Å². The number of rotatable bonds is 8. The maximum Gasteiger partial charge on any atom is 0.273 e. The standard InChI is InChI=1S/C11H15N9OS3/c1-2-3-4-22-11-18-15-8(24-11)14-7(21)5-23-10-17-16-9-19(12)6-13-20(9)10/h6H,2-5,12H2,1H3,(H,14,15,21). The molecule has 1 amide bonds. The smallest absolute Gasteiger partial charge is 0.273 e. The first-order chi connectivity index (χ1) is 11.7. The molecule has 0 aliphatic carbocycles. The second kappa shape index (κ2) is 7.81. The summed E-state index contributed by atoms with van der Waals surface area (Å²) in [6.45, 7) is 2.14. The topological polar surface area (TPSA) is 129 Å². The first-order valence-corrected chi connectivity index (χ1v) is 9.89. The first-order valence-electron chi connectivity index (χ1n) is 7.10. The minimum atomic E-state index is -0.190. The van der Waals surface area contributed by atoms with Crippen LogP contribution in [0.4, 0.5) is 5.13 Å². The zero-order valence-electron chi connectivity index (χ0n) is 12.7. The molecule has 0 saturated carbocycles. The molecule has 0 saturated heterocycles. The molecule has 0 radical (unpaired) electrons. The summed E-state index contributed by atoms with van der Waals surface area (Å²) in [5, 5.41) is 23.6. The van der Waals surface area contributed by atoms with Crippen molar-refractivity contribution in [2.45, 2.75) is 29.3 Å². The number of nitrogens with one attached hydrogen (secondary N) is 1. The number of nitrogens with two attached hydrogens (primary N) is 1. The van der Waals surface area contributed by atoms with Crippen LogP contribution in [-0.4, -0.2) is 52.1 Å². The van der Waals surface area contributed by atoms with Gasteiger partial charge in [0, 0.05) is 5.75 Å². The van der Waals surface area contributed by atoms with Crippen molar-refractivity contribution < 1.29 is 4.79 Å². The van der Waals surface area contributed by atoms with Gasteiger partial charge in [-0.25, -0.2) is 4.68 Å². The number of nitrogens with zero attached hydrogens (tertiary/aromatic N) is 7. The third-order valence-electron chi connectivity index (χ3n) is 2.83. The number of thioether (sulfide) groups is 2. The van der Waals surface area contributed by atoms with Crippen LogP contribution in [0.25, 0.3) is 5.78 Å². The lowest BCUT2D eigenvalue weighted by molar-refractivity contribution is -0.113. The highest BCUT2D eigenvalue weighted by Gasteiger charge is 2.14. The van der Waals surface area contributed by atoms with Crippen LogP contribution in [0, 0.1) is 0 Å². The Kier molecular flexibility index (Phi) is 5.52. The molecule has 3 rings (SSSR count). The number of hydrogen-bond acceptors (Lipinski definition) is 10. The van der Waals surface area contributed by atoms with Crippen molar-refractivity contribution >= 4 is 51.7 Å². The van der Waals surface area contributed by atoms with Crippen LogP contribution in [-0.2, 0) is 4.79 Å². The fourth-order valence-electron chi connectivity index (χ4n) is 1.68. The normalized spacial score (nSPS) is 11.2. The van der Waals surface area contributed by atoms with Gasteiger partial charge in [0.05, 0.1) is 5.75 Å². The molecular weight excluding hydrogens is 370 g/mol. The number of carbonyl (C=O) groups excluding carboxylic acids is 1. The summed E-state index contributed by atoms with van der Waals surface area (Å²) in [6, 6.07) is 0. The van der Waals surface area contributed by atoms with Crippen LogP contribution < -0.4 is 11.2 Å². The number of nitrogen functional groups attached to an aromatic ring is 1. The van der Waals surface area contributed by atoms with Crippen molar-refractivity contribution in [2.24, 2.45) is 0 Å². The van der Waals surface area contributed by atoms with E-state index in [1.807, 2.05) is 0 Å². The molecule has 0 unspecified atom stereocenters. The second-order valence-electron chi connectivity index (χ2n) is 4.64. The van der Waals surface area contributed by atoms with Crippen molar-refractivity contribution in [1.29, 1.82) is 0 Å². The van der Waals surface area contributed by atoms with Gasteiger partial charge >= 0.3 is 0 Å². The van der Waals surface area contributed by atoms with Gasteiger partial charge in [0.2, 0.25) is 16.2 Å². The van der Waals surface area contributed by atoms with Gasteiger partial charge in [-0.05, 0) is 6.42 Å². The highest BCUT2D eigenvalue weighted by molar-refractivity contribution is 8.01. The zero-order valence-corrected chi connectivity index (χ0v) is 15.2. The molecule has 24 heavy (non-hydrogen) atoms. The van der Waals surface area contributed by atoms with E-state index >= 15 is 0 Å². The van der Waals surface area contributed by atoms with E-state index in [0.717, 1.165) is 22.9 Å². The molecule has 3 heterocycles. The molecule has 0 bridgehead atoms. The van der Waals surface area contributed by atoms with Gasteiger partial charge in [-0.2, -0.15) is 9.61 Å². The Labute approximate surface area is 149 Å². The Morgan fingerprint density at radius 3 is 3.04 bits per heavy atom. The van der Waals surface area contributed by atoms with Gasteiger partial charge < -0.3 is 5.84 Å². The molecule has 0 atom stereocenters. The average Bonchev–Trinajstić information content (AvgIpc) is 3.25. The summed E-state index contributed by atoms with van der Waals surface area (Å²) in [5.41, 5.74) is 0. The van der Waals surface area contributed by atoms with Crippen LogP contribution in [0.2, 0.25) is 0 Å². The van der Waals surface area contributed by atoms with Crippen molar-refractivity contribution in [3.63, 3.8) is 0 Å². The van der Waals surface area contributed by atoms with Crippen molar-refractivity contribution in [2.75, 3.05) is 22.7 Å². The lowest BCUT2D eigenvalue weighted by Crippen LogP contribution is -2.14. The summed E-state index contributed by atoms with van der Waals surface area (Å²) in [6.07, 6.45) is 3.70. The maximum atomic E-state index is 12.0. The largest absolute Gasteiger partial charge is 0.335 e. The summed E-state index contributed by atoms with van der Waals surface area (Å²) >= 11 is 4.25. The van der Waals surface area contributed by atoms with E-state index in [1.54, 1.807) is 11.8 Å². The molecule has 3 N–H and O–H groups in total. The van der Waals surface area contributed by atoms with Gasteiger partial charge in [0.1, 0.15) is 6.33 Å². The quantitative estimate of drug-likeness (QED) is 0.253. The van der Waals surface area contributed by atoms with Gasteiger partial charge in [-0.3, -0.25) is 10.1 Å². The van der Waals surface area contributed by atoms with E-state index in [0.29, 0.717) is 16.1 Å². The number of hydrogen-bond donors (Lipinski definition) is 2. The Hall–Kier alpha value is -1.86. The predicted molar refractivity (Wildman–Crippen MR) is 93.8 cm³/mol. The van der Waals surface area contributed by atoms with E-state index in [-0.39, 0.29) is 11.7 Å². The molecule has 10 nitrogen and oxygen atoms in total. The molecule has 0 aliphatic rings. The van der Waals surface area contributed by atoms with E-state index in [1.165, 1.54) is 38.6 Å². The van der Waals surface area contributed by atoms with Gasteiger partial charge in [-0.15, -0.1) is 20.4 Å². The molecule has 13 heteroatoms. The number of anilines is 1. The van der Waals surface area contributed by atoms with Crippen LogP contribution in [0.15, 0.2) is 15.8 Å². The molecule has 0 fully saturated rings. The summed E-state index contributed by atoms with van der Waals surface area (Å²) < 4.78 is 3.60. The Morgan fingerprint density at radius 2 is 2.21 bits per heavy atom. The van der Waals surface area contributed by atoms with E-state index in [2.05, 4.69) is 37.7 Å². The van der Waals surface area contributed by atoms with Crippen molar-refractivity contribution in [3.05, 3.63) is 6.33 Å². The number of amides is 1. The molecule has 0 spiro atoms. The molecule has 0 aromatic carbocycles. The molecule has 128 valence electrons. The van der Waals surface area contributed by atoms with Crippen LogP contribution in [0.1, 0.15) is 19.8 Å². The highest BCUT2D eigenvalue weighted by atomic mass is 32.2. The minimum Gasteiger partial charge on any atom is -0.335 e.